The number of hydrogen-bond acceptors (Lipinski definition) is 6. The van der Waals surface area contributed by atoms with Crippen molar-refractivity contribution in [2.24, 2.45) is 0 Å². The summed E-state index contributed by atoms with van der Waals surface area (Å²) in [5, 5.41) is 0. The van der Waals surface area contributed by atoms with Crippen molar-refractivity contribution in [3.8, 4) is 11.5 Å². The van der Waals surface area contributed by atoms with Gasteiger partial charge < -0.3 is 14.2 Å². The highest BCUT2D eigenvalue weighted by atomic mass is 32.2. The van der Waals surface area contributed by atoms with E-state index < -0.39 is 30.1 Å². The summed E-state index contributed by atoms with van der Waals surface area (Å²) in [5.41, 5.74) is 0.897. The largest absolute Gasteiger partial charge is 0.466 e. The molecule has 0 aromatic heterocycles. The minimum absolute atomic E-state index is 0.0634. The van der Waals surface area contributed by atoms with E-state index in [4.69, 9.17) is 14.2 Å². The molecule has 148 valence electrons. The second kappa shape index (κ2) is 7.29. The molecule has 2 aliphatic heterocycles. The molecule has 9 heteroatoms. The first kappa shape index (κ1) is 19.9. The van der Waals surface area contributed by atoms with Gasteiger partial charge in [0.1, 0.15) is 0 Å². The lowest BCUT2D eigenvalue weighted by atomic mass is 9.99. The van der Waals surface area contributed by atoms with E-state index in [9.17, 15) is 13.2 Å². The van der Waals surface area contributed by atoms with E-state index in [1.165, 1.54) is 11.4 Å². The maximum absolute atomic E-state index is 13.1. The number of hydrogen-bond donors (Lipinski definition) is 0. The van der Waals surface area contributed by atoms with Crippen LogP contribution in [0.1, 0.15) is 11.6 Å². The zero-order valence-corrected chi connectivity index (χ0v) is 17.8. The molecule has 0 saturated heterocycles. The van der Waals surface area contributed by atoms with Gasteiger partial charge in [-0.05, 0) is 12.1 Å². The molecule has 0 amide bonds. The number of rotatable bonds is 6. The SMILES string of the molecule is COC(=O)C1=CCN(S(=O)(=O)CC[Si](C)(C)C)C1c1cccc2c1OCO2. The van der Waals surface area contributed by atoms with Gasteiger partial charge in [-0.3, -0.25) is 0 Å². The standard InChI is InChI=1S/C18H25NO6SSi/c1-23-18(20)14-8-9-19(26(21,22)10-11-27(2,3)4)16(14)13-6-5-7-15-17(13)25-12-24-15/h5-8,16H,9-12H2,1-4H3. The Morgan fingerprint density at radius 2 is 2.04 bits per heavy atom. The summed E-state index contributed by atoms with van der Waals surface area (Å²) in [6.07, 6.45) is 1.62. The van der Waals surface area contributed by atoms with E-state index in [0.717, 1.165) is 0 Å². The molecule has 1 aromatic rings. The van der Waals surface area contributed by atoms with E-state index in [1.54, 1.807) is 24.3 Å². The predicted molar refractivity (Wildman–Crippen MR) is 104 cm³/mol. The Labute approximate surface area is 161 Å². The summed E-state index contributed by atoms with van der Waals surface area (Å²) < 4.78 is 43.5. The summed E-state index contributed by atoms with van der Waals surface area (Å²) in [7, 11) is -3.82. The van der Waals surface area contributed by atoms with Crippen molar-refractivity contribution in [2.75, 3.05) is 26.2 Å². The topological polar surface area (TPSA) is 82.1 Å². The first-order valence-corrected chi connectivity index (χ1v) is 14.1. The molecule has 0 fully saturated rings. The third-order valence-electron chi connectivity index (χ3n) is 4.68. The van der Waals surface area contributed by atoms with Crippen molar-refractivity contribution in [3.63, 3.8) is 0 Å². The molecule has 0 aliphatic carbocycles. The molecule has 2 heterocycles. The van der Waals surface area contributed by atoms with Crippen molar-refractivity contribution in [1.82, 2.24) is 4.31 Å². The van der Waals surface area contributed by atoms with Gasteiger partial charge in [-0.1, -0.05) is 37.8 Å². The highest BCUT2D eigenvalue weighted by Crippen LogP contribution is 2.45. The average Bonchev–Trinajstić information content (AvgIpc) is 3.25. The van der Waals surface area contributed by atoms with Crippen molar-refractivity contribution >= 4 is 24.1 Å². The van der Waals surface area contributed by atoms with Gasteiger partial charge in [0.2, 0.25) is 16.8 Å². The minimum Gasteiger partial charge on any atom is -0.466 e. The van der Waals surface area contributed by atoms with Crippen LogP contribution >= 0.6 is 0 Å². The molecule has 1 aromatic carbocycles. The molecule has 7 nitrogen and oxygen atoms in total. The third kappa shape index (κ3) is 4.04. The van der Waals surface area contributed by atoms with Crippen LogP contribution in [0.2, 0.25) is 25.7 Å². The Morgan fingerprint density at radius 3 is 2.70 bits per heavy atom. The van der Waals surface area contributed by atoms with Gasteiger partial charge in [0, 0.05) is 20.2 Å². The summed E-state index contributed by atoms with van der Waals surface area (Å²) in [4.78, 5) is 12.3. The van der Waals surface area contributed by atoms with Crippen molar-refractivity contribution in [2.45, 2.75) is 31.7 Å². The van der Waals surface area contributed by atoms with Crippen LogP contribution in [0.4, 0.5) is 0 Å². The van der Waals surface area contributed by atoms with Gasteiger partial charge in [0.15, 0.2) is 11.5 Å². The van der Waals surface area contributed by atoms with Crippen LogP contribution in [0.3, 0.4) is 0 Å². The van der Waals surface area contributed by atoms with E-state index in [2.05, 4.69) is 19.6 Å². The monoisotopic (exact) mass is 411 g/mol. The third-order valence-corrected chi connectivity index (χ3v) is 8.59. The summed E-state index contributed by atoms with van der Waals surface area (Å²) in [6.45, 7) is 6.61. The Kier molecular flexibility index (Phi) is 5.37. The first-order valence-electron chi connectivity index (χ1n) is 8.80. The van der Waals surface area contributed by atoms with E-state index in [0.29, 0.717) is 28.7 Å². The Hall–Kier alpha value is -1.84. The Balaban J connectivity index is 2.00. The fourth-order valence-corrected chi connectivity index (χ4v) is 7.76. The molecule has 1 unspecified atom stereocenters. The maximum atomic E-state index is 13.1. The normalized spacial score (nSPS) is 19.9. The summed E-state index contributed by atoms with van der Waals surface area (Å²) >= 11 is 0. The number of methoxy groups -OCH3 is 1. The zero-order valence-electron chi connectivity index (χ0n) is 16.0. The van der Waals surface area contributed by atoms with Crippen molar-refractivity contribution < 1.29 is 27.4 Å². The van der Waals surface area contributed by atoms with Gasteiger partial charge in [0.25, 0.3) is 0 Å². The molecule has 27 heavy (non-hydrogen) atoms. The van der Waals surface area contributed by atoms with Crippen LogP contribution < -0.4 is 9.47 Å². The van der Waals surface area contributed by atoms with Gasteiger partial charge >= 0.3 is 5.97 Å². The Morgan fingerprint density at radius 1 is 1.30 bits per heavy atom. The number of sulfonamides is 1. The van der Waals surface area contributed by atoms with Crippen LogP contribution in [0.25, 0.3) is 0 Å². The van der Waals surface area contributed by atoms with Gasteiger partial charge in [0.05, 0.1) is 24.5 Å². The smallest absolute Gasteiger partial charge is 0.335 e. The van der Waals surface area contributed by atoms with Gasteiger partial charge in [-0.2, -0.15) is 4.31 Å². The molecular weight excluding hydrogens is 386 g/mol. The van der Waals surface area contributed by atoms with E-state index in [1.807, 2.05) is 0 Å². The fraction of sp³-hybridized carbons (Fsp3) is 0.500. The number of ether oxygens (including phenoxy) is 3. The highest BCUT2D eigenvalue weighted by Gasteiger charge is 2.42. The number of carbonyl (C=O) groups is 1. The molecule has 0 saturated carbocycles. The van der Waals surface area contributed by atoms with E-state index >= 15 is 0 Å². The molecular formula is C18H25NO6SSi. The lowest BCUT2D eigenvalue weighted by Crippen LogP contribution is -2.37. The molecule has 0 spiro atoms. The highest BCUT2D eigenvalue weighted by molar-refractivity contribution is 7.89. The first-order chi connectivity index (χ1) is 12.6. The lowest BCUT2D eigenvalue weighted by Gasteiger charge is -2.28. The molecule has 0 bridgehead atoms. The molecule has 1 atom stereocenters. The second-order valence-electron chi connectivity index (χ2n) is 7.83. The average molecular weight is 412 g/mol. The number of nitrogens with zero attached hydrogens (tertiary/aromatic N) is 1. The quantitative estimate of drug-likeness (QED) is 0.528. The Bertz CT molecular complexity index is 874. The van der Waals surface area contributed by atoms with Crippen molar-refractivity contribution in [1.29, 1.82) is 0 Å². The van der Waals surface area contributed by atoms with Gasteiger partial charge in [-0.15, -0.1) is 0 Å². The number of esters is 1. The fourth-order valence-electron chi connectivity index (χ4n) is 3.19. The predicted octanol–water partition coefficient (Wildman–Crippen LogP) is 2.54. The summed E-state index contributed by atoms with van der Waals surface area (Å²) in [5.74, 6) is 0.542. The van der Waals surface area contributed by atoms with Crippen LogP contribution in [0.15, 0.2) is 29.8 Å². The molecule has 2 aliphatic rings. The van der Waals surface area contributed by atoms with Crippen LogP contribution in [0.5, 0.6) is 11.5 Å². The van der Waals surface area contributed by atoms with E-state index in [-0.39, 0.29) is 19.1 Å². The van der Waals surface area contributed by atoms with Crippen molar-refractivity contribution in [3.05, 3.63) is 35.4 Å². The lowest BCUT2D eigenvalue weighted by molar-refractivity contribution is -0.136. The molecule has 3 rings (SSSR count). The summed E-state index contributed by atoms with van der Waals surface area (Å²) in [6, 6.07) is 5.16. The maximum Gasteiger partial charge on any atom is 0.335 e. The number of carbonyl (C=O) groups excluding carboxylic acids is 1. The molecule has 0 N–H and O–H groups in total. The zero-order chi connectivity index (χ0) is 19.8. The van der Waals surface area contributed by atoms with Crippen LogP contribution in [-0.4, -0.2) is 53.0 Å². The number of fused-ring (bicyclic) bond motifs is 1. The van der Waals surface area contributed by atoms with Crippen LogP contribution in [0, 0.1) is 0 Å². The molecule has 0 radical (unpaired) electrons. The number of para-hydroxylation sites is 1. The minimum atomic E-state index is -3.57. The van der Waals surface area contributed by atoms with Gasteiger partial charge in [-0.25, -0.2) is 13.2 Å². The number of benzene rings is 1. The second-order valence-corrected chi connectivity index (χ2v) is 15.5. The van der Waals surface area contributed by atoms with Crippen LogP contribution in [-0.2, 0) is 19.6 Å².